The SMILES string of the molecule is NC=C(C=NC1CC(CNc2ccc3c(c2)C(=O)N(C2CCC(=O)NC2=O)C3=O)C1)c1cnc2ccc(C3CCOCC3)cc2n1. The van der Waals surface area contributed by atoms with Crippen LogP contribution in [0.2, 0.25) is 0 Å². The monoisotopic (exact) mass is 621 g/mol. The molecule has 3 aliphatic heterocycles. The molecule has 0 radical (unpaired) electrons. The average Bonchev–Trinajstić information content (AvgIpc) is 3.30. The molecule has 4 amide bonds. The predicted molar refractivity (Wildman–Crippen MR) is 171 cm³/mol. The van der Waals surface area contributed by atoms with Gasteiger partial charge < -0.3 is 15.8 Å². The topological polar surface area (TPSA) is 169 Å². The van der Waals surface area contributed by atoms with Crippen LogP contribution in [-0.4, -0.2) is 76.6 Å². The van der Waals surface area contributed by atoms with Gasteiger partial charge in [-0.3, -0.25) is 39.4 Å². The van der Waals surface area contributed by atoms with E-state index in [1.807, 2.05) is 6.07 Å². The molecule has 0 bridgehead atoms. The molecule has 1 unspecified atom stereocenters. The number of anilines is 1. The number of carbonyl (C=O) groups is 4. The van der Waals surface area contributed by atoms with Gasteiger partial charge in [-0.05, 0) is 79.8 Å². The molecular formula is C34H35N7O5. The number of carbonyl (C=O) groups excluding carboxylic acids is 4. The van der Waals surface area contributed by atoms with E-state index in [-0.39, 0.29) is 30.0 Å². The van der Waals surface area contributed by atoms with Crippen LogP contribution in [0.15, 0.2) is 53.8 Å². The summed E-state index contributed by atoms with van der Waals surface area (Å²) in [6, 6.07) is 10.5. The van der Waals surface area contributed by atoms with E-state index in [1.54, 1.807) is 30.6 Å². The second-order valence-electron chi connectivity index (χ2n) is 12.4. The summed E-state index contributed by atoms with van der Waals surface area (Å²) in [5.41, 5.74) is 11.6. The molecule has 3 aromatic rings. The first-order valence-electron chi connectivity index (χ1n) is 15.8. The third-order valence-corrected chi connectivity index (χ3v) is 9.40. The Balaban J connectivity index is 0.933. The van der Waals surface area contributed by atoms with Crippen LogP contribution in [0.3, 0.4) is 0 Å². The zero-order valence-corrected chi connectivity index (χ0v) is 25.3. The number of allylic oxidation sites excluding steroid dienone is 1. The number of piperidine rings is 1. The van der Waals surface area contributed by atoms with Crippen LogP contribution in [0.5, 0.6) is 0 Å². The molecule has 4 heterocycles. The van der Waals surface area contributed by atoms with Gasteiger partial charge in [-0.25, -0.2) is 4.98 Å². The summed E-state index contributed by atoms with van der Waals surface area (Å²) >= 11 is 0. The Bertz CT molecular complexity index is 1790. The Labute approximate surface area is 265 Å². The van der Waals surface area contributed by atoms with E-state index >= 15 is 0 Å². The number of benzene rings is 2. The fourth-order valence-corrected chi connectivity index (χ4v) is 6.66. The molecule has 1 aliphatic carbocycles. The molecule has 12 heteroatoms. The van der Waals surface area contributed by atoms with Gasteiger partial charge in [0.2, 0.25) is 11.8 Å². The number of nitrogens with zero attached hydrogens (tertiary/aromatic N) is 4. The largest absolute Gasteiger partial charge is 0.404 e. The van der Waals surface area contributed by atoms with Crippen LogP contribution in [0.25, 0.3) is 16.6 Å². The predicted octanol–water partition coefficient (Wildman–Crippen LogP) is 3.19. The number of nitrogens with one attached hydrogen (secondary N) is 2. The molecule has 236 valence electrons. The Hall–Kier alpha value is -4.97. The minimum atomic E-state index is -0.980. The Morgan fingerprint density at radius 3 is 2.61 bits per heavy atom. The van der Waals surface area contributed by atoms with E-state index in [4.69, 9.17) is 20.4 Å². The molecule has 4 N–H and O–H groups in total. The third-order valence-electron chi connectivity index (χ3n) is 9.40. The molecule has 2 aromatic carbocycles. The lowest BCUT2D eigenvalue weighted by Crippen LogP contribution is -2.54. The molecule has 0 spiro atoms. The molecule has 4 aliphatic rings. The molecule has 2 saturated heterocycles. The number of aromatic nitrogens is 2. The fourth-order valence-electron chi connectivity index (χ4n) is 6.66. The van der Waals surface area contributed by atoms with Crippen LogP contribution < -0.4 is 16.4 Å². The molecule has 3 fully saturated rings. The highest BCUT2D eigenvalue weighted by molar-refractivity contribution is 6.23. The lowest BCUT2D eigenvalue weighted by atomic mass is 9.80. The molecule has 1 saturated carbocycles. The number of imide groups is 2. The second kappa shape index (κ2) is 12.4. The highest BCUT2D eigenvalue weighted by Gasteiger charge is 2.44. The molecule has 12 nitrogen and oxygen atoms in total. The number of nitrogens with two attached hydrogens (primary N) is 1. The van der Waals surface area contributed by atoms with Crippen LogP contribution in [0.4, 0.5) is 5.69 Å². The van der Waals surface area contributed by atoms with Crippen molar-refractivity contribution in [1.29, 1.82) is 0 Å². The van der Waals surface area contributed by atoms with Crippen molar-refractivity contribution < 1.29 is 23.9 Å². The highest BCUT2D eigenvalue weighted by atomic mass is 16.5. The van der Waals surface area contributed by atoms with Gasteiger partial charge in [0.15, 0.2) is 0 Å². The molecule has 1 aromatic heterocycles. The summed E-state index contributed by atoms with van der Waals surface area (Å²) in [4.78, 5) is 65.0. The minimum Gasteiger partial charge on any atom is -0.404 e. The summed E-state index contributed by atoms with van der Waals surface area (Å²) in [6.07, 6.45) is 9.05. The van der Waals surface area contributed by atoms with Gasteiger partial charge in [-0.1, -0.05) is 6.07 Å². The number of rotatable bonds is 8. The molecular weight excluding hydrogens is 586 g/mol. The molecule has 7 rings (SSSR count). The number of ether oxygens (including phenoxy) is 1. The summed E-state index contributed by atoms with van der Waals surface area (Å²) in [6.45, 7) is 2.26. The van der Waals surface area contributed by atoms with Crippen LogP contribution >= 0.6 is 0 Å². The zero-order valence-electron chi connectivity index (χ0n) is 25.3. The van der Waals surface area contributed by atoms with E-state index in [1.165, 1.54) is 11.8 Å². The first kappa shape index (κ1) is 29.7. The quantitative estimate of drug-likeness (QED) is 0.253. The normalized spacial score (nSPS) is 24.0. The summed E-state index contributed by atoms with van der Waals surface area (Å²) < 4.78 is 5.51. The maximum atomic E-state index is 13.1. The van der Waals surface area contributed by atoms with Crippen molar-refractivity contribution in [2.75, 3.05) is 25.1 Å². The van der Waals surface area contributed by atoms with Crippen molar-refractivity contribution in [3.8, 4) is 0 Å². The van der Waals surface area contributed by atoms with Gasteiger partial charge in [-0.2, -0.15) is 0 Å². The summed E-state index contributed by atoms with van der Waals surface area (Å²) in [7, 11) is 0. The van der Waals surface area contributed by atoms with Gasteiger partial charge in [0.25, 0.3) is 11.8 Å². The van der Waals surface area contributed by atoms with Crippen molar-refractivity contribution in [3.63, 3.8) is 0 Å². The number of fused-ring (bicyclic) bond motifs is 2. The number of hydrogen-bond acceptors (Lipinski definition) is 10. The van der Waals surface area contributed by atoms with Crippen LogP contribution in [-0.2, 0) is 14.3 Å². The van der Waals surface area contributed by atoms with Gasteiger partial charge in [-0.15, -0.1) is 0 Å². The standard InChI is InChI=1S/C34H35N7O5/c35-15-22(29-18-38-27-4-1-21(13-28(27)39-29)20-7-9-46-10-8-20)17-37-24-11-19(12-24)16-36-23-2-3-25-26(14-23)34(45)41(33(25)44)30-5-6-31(42)40-32(30)43/h1-4,13-15,17-20,24,30,36H,5-12,16,35H2,(H,40,42,43). The van der Waals surface area contributed by atoms with Crippen molar-refractivity contribution in [2.24, 2.45) is 16.6 Å². The fraction of sp³-hybridized carbons (Fsp3) is 0.382. The minimum absolute atomic E-state index is 0.0856. The van der Waals surface area contributed by atoms with Gasteiger partial charge in [0, 0.05) is 49.9 Å². The maximum Gasteiger partial charge on any atom is 0.262 e. The smallest absolute Gasteiger partial charge is 0.262 e. The Kier molecular flexibility index (Phi) is 8.03. The Morgan fingerprint density at radius 2 is 1.83 bits per heavy atom. The van der Waals surface area contributed by atoms with E-state index < -0.39 is 29.7 Å². The first-order chi connectivity index (χ1) is 22.4. The number of aliphatic imine (C=N–C) groups is 1. The van der Waals surface area contributed by atoms with Gasteiger partial charge in [0.1, 0.15) is 6.04 Å². The second-order valence-corrected chi connectivity index (χ2v) is 12.4. The first-order valence-corrected chi connectivity index (χ1v) is 15.8. The average molecular weight is 622 g/mol. The van der Waals surface area contributed by atoms with E-state index in [0.29, 0.717) is 24.1 Å². The van der Waals surface area contributed by atoms with Gasteiger partial charge in [0.05, 0.1) is 40.1 Å². The summed E-state index contributed by atoms with van der Waals surface area (Å²) in [5, 5.41) is 5.59. The van der Waals surface area contributed by atoms with E-state index in [2.05, 4.69) is 27.8 Å². The highest BCUT2D eigenvalue weighted by Crippen LogP contribution is 2.33. The lowest BCUT2D eigenvalue weighted by Gasteiger charge is -2.33. The van der Waals surface area contributed by atoms with E-state index in [0.717, 1.165) is 66.1 Å². The Morgan fingerprint density at radius 1 is 1.02 bits per heavy atom. The molecule has 46 heavy (non-hydrogen) atoms. The molecule has 1 atom stereocenters. The van der Waals surface area contributed by atoms with E-state index in [9.17, 15) is 19.2 Å². The third kappa shape index (κ3) is 5.76. The number of amides is 4. The maximum absolute atomic E-state index is 13.1. The van der Waals surface area contributed by atoms with Crippen LogP contribution in [0.1, 0.15) is 76.4 Å². The van der Waals surface area contributed by atoms with Gasteiger partial charge >= 0.3 is 0 Å². The van der Waals surface area contributed by atoms with Crippen molar-refractivity contribution in [1.82, 2.24) is 20.2 Å². The lowest BCUT2D eigenvalue weighted by molar-refractivity contribution is -0.136. The number of hydrogen-bond donors (Lipinski definition) is 3. The van der Waals surface area contributed by atoms with Crippen LogP contribution in [0, 0.1) is 5.92 Å². The zero-order chi connectivity index (χ0) is 31.8. The van der Waals surface area contributed by atoms with Crippen molar-refractivity contribution >= 4 is 52.1 Å². The summed E-state index contributed by atoms with van der Waals surface area (Å²) in [5.74, 6) is -1.19. The van der Waals surface area contributed by atoms with Crippen molar-refractivity contribution in [3.05, 3.63) is 71.2 Å². The van der Waals surface area contributed by atoms with Crippen molar-refractivity contribution in [2.45, 2.75) is 56.5 Å².